The number of hydrogen-bond donors (Lipinski definition) is 2. The lowest BCUT2D eigenvalue weighted by molar-refractivity contribution is -0.124. The summed E-state index contributed by atoms with van der Waals surface area (Å²) >= 11 is 0. The fourth-order valence-electron chi connectivity index (χ4n) is 3.31. The van der Waals surface area contributed by atoms with Crippen LogP contribution in [0, 0.1) is 5.92 Å². The molecule has 0 unspecified atom stereocenters. The van der Waals surface area contributed by atoms with Gasteiger partial charge in [-0.05, 0) is 41.8 Å². The first-order valence-electron chi connectivity index (χ1n) is 9.92. The number of amides is 2. The van der Waals surface area contributed by atoms with Gasteiger partial charge in [0.25, 0.3) is 5.91 Å². The van der Waals surface area contributed by atoms with Crippen LogP contribution in [0.1, 0.15) is 36.2 Å². The third kappa shape index (κ3) is 4.12. The minimum absolute atomic E-state index is 0.0419. The number of carbonyl (C=O) groups is 2. The van der Waals surface area contributed by atoms with Crippen LogP contribution >= 0.6 is 0 Å². The van der Waals surface area contributed by atoms with E-state index in [1.165, 1.54) is 0 Å². The molecule has 0 bridgehead atoms. The molecule has 0 spiro atoms. The van der Waals surface area contributed by atoms with E-state index >= 15 is 0 Å². The fraction of sp³-hybridized carbons (Fsp3) is 0.364. The summed E-state index contributed by atoms with van der Waals surface area (Å²) in [6, 6.07) is 9.83. The fourth-order valence-corrected chi connectivity index (χ4v) is 3.31. The lowest BCUT2D eigenvalue weighted by Gasteiger charge is -2.23. The number of nitrogens with one attached hydrogen (secondary N) is 2. The lowest BCUT2D eigenvalue weighted by atomic mass is 9.97. The van der Waals surface area contributed by atoms with Crippen LogP contribution in [-0.4, -0.2) is 31.4 Å². The Bertz CT molecular complexity index is 961. The van der Waals surface area contributed by atoms with E-state index in [-0.39, 0.29) is 31.3 Å². The predicted molar refractivity (Wildman–Crippen MR) is 108 cm³/mol. The second-order valence-electron chi connectivity index (χ2n) is 7.31. The smallest absolute Gasteiger partial charge is 0.252 e. The molecule has 2 N–H and O–H groups in total. The zero-order chi connectivity index (χ0) is 21.1. The van der Waals surface area contributed by atoms with Crippen LogP contribution in [0.15, 0.2) is 36.4 Å². The Labute approximate surface area is 174 Å². The van der Waals surface area contributed by atoms with Crippen molar-refractivity contribution in [1.82, 2.24) is 10.6 Å². The van der Waals surface area contributed by atoms with E-state index in [1.807, 2.05) is 32.0 Å². The SMILES string of the molecule is CC[C@H](C)[C@H](NC(=O)c1ccc2c(c1)OCO2)C(=O)NCc1ccc2c(c1)OCO2. The van der Waals surface area contributed by atoms with Crippen molar-refractivity contribution >= 4 is 11.8 Å². The van der Waals surface area contributed by atoms with Gasteiger partial charge in [0, 0.05) is 12.1 Å². The maximum Gasteiger partial charge on any atom is 0.252 e. The summed E-state index contributed by atoms with van der Waals surface area (Å²) in [5.74, 6) is 1.86. The Hall–Kier alpha value is -3.42. The van der Waals surface area contributed by atoms with E-state index in [4.69, 9.17) is 18.9 Å². The molecule has 2 amide bonds. The highest BCUT2D eigenvalue weighted by molar-refractivity contribution is 5.98. The third-order valence-corrected chi connectivity index (χ3v) is 5.32. The predicted octanol–water partition coefficient (Wildman–Crippen LogP) is 2.60. The lowest BCUT2D eigenvalue weighted by Crippen LogP contribution is -2.50. The number of benzene rings is 2. The average Bonchev–Trinajstić information content (AvgIpc) is 3.43. The number of carbonyl (C=O) groups excluding carboxylic acids is 2. The standard InChI is InChI=1S/C22H24N2O6/c1-3-13(2)20(24-21(25)15-5-7-17-19(9-15)30-12-28-17)22(26)23-10-14-4-6-16-18(8-14)29-11-27-16/h4-9,13,20H,3,10-12H2,1-2H3,(H,23,26)(H,24,25)/t13-,20-/m0/s1. The topological polar surface area (TPSA) is 95.1 Å². The van der Waals surface area contributed by atoms with Crippen LogP contribution in [0.4, 0.5) is 0 Å². The van der Waals surface area contributed by atoms with Crippen molar-refractivity contribution < 1.29 is 28.5 Å². The first kappa shape index (κ1) is 19.9. The molecule has 2 aliphatic rings. The van der Waals surface area contributed by atoms with E-state index < -0.39 is 6.04 Å². The van der Waals surface area contributed by atoms with Gasteiger partial charge in [0.05, 0.1) is 0 Å². The molecule has 0 saturated carbocycles. The van der Waals surface area contributed by atoms with Gasteiger partial charge in [-0.2, -0.15) is 0 Å². The molecular formula is C22H24N2O6. The Kier molecular flexibility index (Phi) is 5.65. The van der Waals surface area contributed by atoms with Crippen molar-refractivity contribution in [2.75, 3.05) is 13.6 Å². The molecule has 2 aliphatic heterocycles. The molecule has 8 nitrogen and oxygen atoms in total. The van der Waals surface area contributed by atoms with Crippen molar-refractivity contribution in [3.05, 3.63) is 47.5 Å². The zero-order valence-electron chi connectivity index (χ0n) is 16.9. The first-order valence-corrected chi connectivity index (χ1v) is 9.92. The molecule has 2 atom stereocenters. The minimum Gasteiger partial charge on any atom is -0.454 e. The second-order valence-corrected chi connectivity index (χ2v) is 7.31. The van der Waals surface area contributed by atoms with Gasteiger partial charge in [0.2, 0.25) is 19.5 Å². The van der Waals surface area contributed by atoms with Crippen molar-refractivity contribution in [1.29, 1.82) is 0 Å². The van der Waals surface area contributed by atoms with Crippen molar-refractivity contribution in [3.8, 4) is 23.0 Å². The maximum atomic E-state index is 12.9. The molecular weight excluding hydrogens is 388 g/mol. The highest BCUT2D eigenvalue weighted by Gasteiger charge is 2.27. The van der Waals surface area contributed by atoms with Crippen molar-refractivity contribution in [3.63, 3.8) is 0 Å². The van der Waals surface area contributed by atoms with E-state index in [2.05, 4.69) is 10.6 Å². The van der Waals surface area contributed by atoms with Crippen LogP contribution in [0.2, 0.25) is 0 Å². The van der Waals surface area contributed by atoms with Gasteiger partial charge >= 0.3 is 0 Å². The van der Waals surface area contributed by atoms with E-state index in [9.17, 15) is 9.59 Å². The number of ether oxygens (including phenoxy) is 4. The quantitative estimate of drug-likeness (QED) is 0.726. The number of hydrogen-bond acceptors (Lipinski definition) is 6. The second kappa shape index (κ2) is 8.52. The molecule has 30 heavy (non-hydrogen) atoms. The maximum absolute atomic E-state index is 12.9. The Morgan fingerprint density at radius 2 is 1.57 bits per heavy atom. The average molecular weight is 412 g/mol. The highest BCUT2D eigenvalue weighted by Crippen LogP contribution is 2.33. The summed E-state index contributed by atoms with van der Waals surface area (Å²) < 4.78 is 21.3. The molecule has 0 fully saturated rings. The summed E-state index contributed by atoms with van der Waals surface area (Å²) in [4.78, 5) is 25.6. The number of rotatable bonds is 7. The van der Waals surface area contributed by atoms with Gasteiger partial charge < -0.3 is 29.6 Å². The van der Waals surface area contributed by atoms with Crippen LogP contribution in [0.25, 0.3) is 0 Å². The van der Waals surface area contributed by atoms with Gasteiger partial charge in [0.1, 0.15) is 6.04 Å². The highest BCUT2D eigenvalue weighted by atomic mass is 16.7. The Balaban J connectivity index is 1.41. The van der Waals surface area contributed by atoms with Crippen LogP contribution < -0.4 is 29.6 Å². The molecule has 0 saturated heterocycles. The summed E-state index contributed by atoms with van der Waals surface area (Å²) in [7, 11) is 0. The third-order valence-electron chi connectivity index (χ3n) is 5.32. The van der Waals surface area contributed by atoms with E-state index in [0.717, 1.165) is 12.0 Å². The molecule has 0 radical (unpaired) electrons. The van der Waals surface area contributed by atoms with E-state index in [1.54, 1.807) is 18.2 Å². The Morgan fingerprint density at radius 3 is 2.27 bits per heavy atom. The Morgan fingerprint density at radius 1 is 0.933 bits per heavy atom. The first-order chi connectivity index (χ1) is 14.5. The monoisotopic (exact) mass is 412 g/mol. The summed E-state index contributed by atoms with van der Waals surface area (Å²) in [5, 5.41) is 5.77. The summed E-state index contributed by atoms with van der Waals surface area (Å²) in [5.41, 5.74) is 1.30. The van der Waals surface area contributed by atoms with Gasteiger partial charge in [-0.1, -0.05) is 26.3 Å². The largest absolute Gasteiger partial charge is 0.454 e. The van der Waals surface area contributed by atoms with Crippen LogP contribution in [0.5, 0.6) is 23.0 Å². The van der Waals surface area contributed by atoms with Crippen molar-refractivity contribution in [2.45, 2.75) is 32.9 Å². The van der Waals surface area contributed by atoms with E-state index in [0.29, 0.717) is 35.1 Å². The van der Waals surface area contributed by atoms with Gasteiger partial charge in [-0.25, -0.2) is 0 Å². The summed E-state index contributed by atoms with van der Waals surface area (Å²) in [6.07, 6.45) is 0.740. The zero-order valence-corrected chi connectivity index (χ0v) is 16.9. The minimum atomic E-state index is -0.665. The molecule has 0 aliphatic carbocycles. The molecule has 158 valence electrons. The van der Waals surface area contributed by atoms with Gasteiger partial charge in [-0.3, -0.25) is 9.59 Å². The molecule has 8 heteroatoms. The summed E-state index contributed by atoms with van der Waals surface area (Å²) in [6.45, 7) is 4.58. The van der Waals surface area contributed by atoms with Crippen molar-refractivity contribution in [2.24, 2.45) is 5.92 Å². The molecule has 0 aromatic heterocycles. The molecule has 2 aromatic rings. The molecule has 4 rings (SSSR count). The normalized spacial score (nSPS) is 15.4. The number of fused-ring (bicyclic) bond motifs is 2. The van der Waals surface area contributed by atoms with Crippen LogP contribution in [0.3, 0.4) is 0 Å². The van der Waals surface area contributed by atoms with Gasteiger partial charge in [-0.15, -0.1) is 0 Å². The van der Waals surface area contributed by atoms with Gasteiger partial charge in [0.15, 0.2) is 23.0 Å². The molecule has 2 heterocycles. The molecule has 2 aromatic carbocycles. The van der Waals surface area contributed by atoms with Crippen LogP contribution in [-0.2, 0) is 11.3 Å².